The van der Waals surface area contributed by atoms with Gasteiger partial charge < -0.3 is 4.90 Å². The van der Waals surface area contributed by atoms with Crippen molar-refractivity contribution in [2.24, 2.45) is 0 Å². The van der Waals surface area contributed by atoms with Crippen molar-refractivity contribution in [1.29, 1.82) is 0 Å². The molecule has 1 aliphatic rings. The van der Waals surface area contributed by atoms with Crippen molar-refractivity contribution < 1.29 is 0 Å². The number of para-hydroxylation sites is 2. The summed E-state index contributed by atoms with van der Waals surface area (Å²) in [6.07, 6.45) is 0. The molecular weight excluding hydrogens is 465 g/mol. The lowest BCUT2D eigenvalue weighted by molar-refractivity contribution is 0.660. The van der Waals surface area contributed by atoms with E-state index in [1.54, 1.807) is 0 Å². The molecule has 0 fully saturated rings. The number of hydrogen-bond donors (Lipinski definition) is 0. The normalized spacial score (nSPS) is 13.6. The number of fused-ring (bicyclic) bond motifs is 3. The average Bonchev–Trinajstić information content (AvgIpc) is 2.96. The van der Waals surface area contributed by atoms with Gasteiger partial charge in [-0.25, -0.2) is 0 Å². The topological polar surface area (TPSA) is 3.24 Å². The monoisotopic (exact) mass is 487 g/mol. The molecule has 0 atom stereocenters. The number of anilines is 3. The number of halogens is 1. The smallest absolute Gasteiger partial charge is 0.0465 e. The van der Waals surface area contributed by atoms with Gasteiger partial charge in [-0.2, -0.15) is 0 Å². The summed E-state index contributed by atoms with van der Waals surface area (Å²) in [4.78, 5) is 2.34. The van der Waals surface area contributed by atoms with Crippen molar-refractivity contribution in [3.63, 3.8) is 0 Å². The molecule has 4 aromatic carbocycles. The average molecular weight is 487 g/mol. The Kier molecular flexibility index (Phi) is 4.47. The molecule has 1 aliphatic carbocycles. The number of benzene rings is 4. The molecule has 0 bridgehead atoms. The predicted octanol–water partition coefficient (Wildman–Crippen LogP) is 8.07. The van der Waals surface area contributed by atoms with Crippen LogP contribution in [-0.2, 0) is 5.41 Å². The summed E-state index contributed by atoms with van der Waals surface area (Å²) in [5.74, 6) is 0. The summed E-state index contributed by atoms with van der Waals surface area (Å²) in [6.45, 7) is 4.68. The van der Waals surface area contributed by atoms with Crippen LogP contribution >= 0.6 is 22.6 Å². The fourth-order valence-corrected chi connectivity index (χ4v) is 4.93. The molecule has 0 heterocycles. The molecule has 0 radical (unpaired) electrons. The Morgan fingerprint density at radius 2 is 1.10 bits per heavy atom. The minimum Gasteiger partial charge on any atom is -0.310 e. The van der Waals surface area contributed by atoms with E-state index in [-0.39, 0.29) is 5.41 Å². The zero-order chi connectivity index (χ0) is 20.0. The SMILES string of the molecule is CC1(C)c2cc(I)ccc2-c2ccc(N(c3ccccc3)c3ccccc3)cc21. The van der Waals surface area contributed by atoms with E-state index >= 15 is 0 Å². The van der Waals surface area contributed by atoms with Crippen LogP contribution in [0.3, 0.4) is 0 Å². The third-order valence-electron chi connectivity index (χ3n) is 5.91. The van der Waals surface area contributed by atoms with Gasteiger partial charge in [0, 0.05) is 26.0 Å². The molecule has 0 N–H and O–H groups in total. The van der Waals surface area contributed by atoms with Gasteiger partial charge in [0.25, 0.3) is 0 Å². The lowest BCUT2D eigenvalue weighted by atomic mass is 9.82. The minimum absolute atomic E-state index is 0.0130. The van der Waals surface area contributed by atoms with Crippen LogP contribution in [0.1, 0.15) is 25.0 Å². The Balaban J connectivity index is 1.69. The summed E-state index contributed by atoms with van der Waals surface area (Å²) >= 11 is 2.41. The van der Waals surface area contributed by atoms with Gasteiger partial charge in [-0.15, -0.1) is 0 Å². The van der Waals surface area contributed by atoms with E-state index in [2.05, 4.69) is 138 Å². The largest absolute Gasteiger partial charge is 0.310 e. The third kappa shape index (κ3) is 3.06. The van der Waals surface area contributed by atoms with Gasteiger partial charge in [0.2, 0.25) is 0 Å². The van der Waals surface area contributed by atoms with Crippen LogP contribution < -0.4 is 4.90 Å². The van der Waals surface area contributed by atoms with Gasteiger partial charge in [-0.1, -0.05) is 62.4 Å². The van der Waals surface area contributed by atoms with E-state index in [4.69, 9.17) is 0 Å². The fourth-order valence-electron chi connectivity index (χ4n) is 4.44. The highest BCUT2D eigenvalue weighted by atomic mass is 127. The zero-order valence-electron chi connectivity index (χ0n) is 16.6. The maximum absolute atomic E-state index is 2.41. The lowest BCUT2D eigenvalue weighted by Crippen LogP contribution is -2.16. The van der Waals surface area contributed by atoms with Gasteiger partial charge in [0.1, 0.15) is 0 Å². The minimum atomic E-state index is -0.0130. The van der Waals surface area contributed by atoms with Crippen molar-refractivity contribution in [2.45, 2.75) is 19.3 Å². The zero-order valence-corrected chi connectivity index (χ0v) is 18.7. The highest BCUT2D eigenvalue weighted by Gasteiger charge is 2.36. The Bertz CT molecular complexity index is 1140. The van der Waals surface area contributed by atoms with E-state index in [0.29, 0.717) is 0 Å². The standard InChI is InChI=1S/C27H22IN/c1-27(2)25-17-19(28)13-15-23(25)24-16-14-22(18-26(24)27)29(20-9-5-3-6-10-20)21-11-7-4-8-12-21/h3-18H,1-2H3. The van der Waals surface area contributed by atoms with Gasteiger partial charge in [0.15, 0.2) is 0 Å². The van der Waals surface area contributed by atoms with Gasteiger partial charge >= 0.3 is 0 Å². The summed E-state index contributed by atoms with van der Waals surface area (Å²) in [5, 5.41) is 0. The van der Waals surface area contributed by atoms with Crippen LogP contribution in [0.2, 0.25) is 0 Å². The predicted molar refractivity (Wildman–Crippen MR) is 131 cm³/mol. The first-order valence-electron chi connectivity index (χ1n) is 9.91. The van der Waals surface area contributed by atoms with Gasteiger partial charge in [-0.05, 0) is 93.4 Å². The third-order valence-corrected chi connectivity index (χ3v) is 6.58. The van der Waals surface area contributed by atoms with Crippen LogP contribution in [0.25, 0.3) is 11.1 Å². The first-order chi connectivity index (χ1) is 14.1. The molecule has 1 nitrogen and oxygen atoms in total. The maximum Gasteiger partial charge on any atom is 0.0465 e. The summed E-state index contributed by atoms with van der Waals surface area (Å²) < 4.78 is 1.29. The first kappa shape index (κ1) is 18.4. The molecule has 0 saturated carbocycles. The van der Waals surface area contributed by atoms with Crippen LogP contribution in [0.5, 0.6) is 0 Å². The molecule has 0 amide bonds. The Hall–Kier alpha value is -2.59. The van der Waals surface area contributed by atoms with Crippen molar-refractivity contribution in [3.05, 3.63) is 112 Å². The second kappa shape index (κ2) is 7.03. The van der Waals surface area contributed by atoms with Crippen LogP contribution in [0.15, 0.2) is 97.1 Å². The van der Waals surface area contributed by atoms with E-state index in [9.17, 15) is 0 Å². The van der Waals surface area contributed by atoms with Gasteiger partial charge in [0.05, 0.1) is 0 Å². The molecule has 29 heavy (non-hydrogen) atoms. The number of hydrogen-bond acceptors (Lipinski definition) is 1. The van der Waals surface area contributed by atoms with Crippen LogP contribution in [0.4, 0.5) is 17.1 Å². The molecule has 0 aliphatic heterocycles. The van der Waals surface area contributed by atoms with E-state index in [1.807, 2.05) is 0 Å². The van der Waals surface area contributed by atoms with E-state index < -0.39 is 0 Å². The fraction of sp³-hybridized carbons (Fsp3) is 0.111. The Morgan fingerprint density at radius 1 is 0.586 bits per heavy atom. The second-order valence-electron chi connectivity index (χ2n) is 8.05. The van der Waals surface area contributed by atoms with Crippen molar-refractivity contribution in [2.75, 3.05) is 4.90 Å². The van der Waals surface area contributed by atoms with E-state index in [1.165, 1.54) is 42.9 Å². The molecule has 142 valence electrons. The van der Waals surface area contributed by atoms with Crippen LogP contribution in [-0.4, -0.2) is 0 Å². The molecular formula is C27H22IN. The highest BCUT2D eigenvalue weighted by Crippen LogP contribution is 2.50. The number of nitrogens with zero attached hydrogens (tertiary/aromatic N) is 1. The summed E-state index contributed by atoms with van der Waals surface area (Å²) in [7, 11) is 0. The first-order valence-corrected chi connectivity index (χ1v) is 11.0. The molecule has 5 rings (SSSR count). The van der Waals surface area contributed by atoms with Crippen molar-refractivity contribution in [3.8, 4) is 11.1 Å². The Labute approximate surface area is 186 Å². The van der Waals surface area contributed by atoms with Crippen molar-refractivity contribution >= 4 is 39.7 Å². The van der Waals surface area contributed by atoms with Crippen molar-refractivity contribution in [1.82, 2.24) is 0 Å². The summed E-state index contributed by atoms with van der Waals surface area (Å²) in [6, 6.07) is 34.9. The van der Waals surface area contributed by atoms with E-state index in [0.717, 1.165) is 0 Å². The molecule has 4 aromatic rings. The highest BCUT2D eigenvalue weighted by molar-refractivity contribution is 14.1. The quantitative estimate of drug-likeness (QED) is 0.264. The molecule has 0 saturated heterocycles. The molecule has 0 unspecified atom stereocenters. The number of rotatable bonds is 3. The second-order valence-corrected chi connectivity index (χ2v) is 9.30. The van der Waals surface area contributed by atoms with Gasteiger partial charge in [-0.3, -0.25) is 0 Å². The lowest BCUT2D eigenvalue weighted by Gasteiger charge is -2.28. The molecule has 0 spiro atoms. The molecule has 2 heteroatoms. The Morgan fingerprint density at radius 3 is 1.69 bits per heavy atom. The molecule has 0 aromatic heterocycles. The summed E-state index contributed by atoms with van der Waals surface area (Å²) in [5.41, 5.74) is 9.04. The maximum atomic E-state index is 2.41. The van der Waals surface area contributed by atoms with Crippen LogP contribution in [0, 0.1) is 3.57 Å².